The van der Waals surface area contributed by atoms with Crippen LogP contribution in [-0.4, -0.2) is 83.4 Å². The lowest BCUT2D eigenvalue weighted by Crippen LogP contribution is -2.41. The summed E-state index contributed by atoms with van der Waals surface area (Å²) in [4.78, 5) is 47.4. The van der Waals surface area contributed by atoms with E-state index in [1.165, 1.54) is 14.7 Å². The van der Waals surface area contributed by atoms with Crippen LogP contribution in [0, 0.1) is 25.6 Å². The molecule has 11 rings (SSSR count). The van der Waals surface area contributed by atoms with Crippen molar-refractivity contribution in [2.75, 3.05) is 38.5 Å². The maximum atomic E-state index is 15.5. The van der Waals surface area contributed by atoms with Crippen LogP contribution >= 0.6 is 7.14 Å². The monoisotopic (exact) mass is 915 g/mol. The number of fused-ring (bicyclic) bond motifs is 2. The van der Waals surface area contributed by atoms with Gasteiger partial charge in [-0.1, -0.05) is 18.1 Å². The van der Waals surface area contributed by atoms with E-state index in [-0.39, 0.29) is 24.0 Å². The van der Waals surface area contributed by atoms with E-state index in [0.717, 1.165) is 23.7 Å². The topological polar surface area (TPSA) is 176 Å². The zero-order chi connectivity index (χ0) is 46.0. The van der Waals surface area contributed by atoms with Crippen LogP contribution in [0.3, 0.4) is 0 Å². The lowest BCUT2D eigenvalue weighted by molar-refractivity contribution is 0.0663. The molecule has 66 heavy (non-hydrogen) atoms. The molecule has 7 heterocycles. The average molecular weight is 916 g/mol. The van der Waals surface area contributed by atoms with Gasteiger partial charge >= 0.3 is 11.4 Å². The maximum Gasteiger partial charge on any atom is 0.438 e. The minimum atomic E-state index is -2.78. The van der Waals surface area contributed by atoms with Gasteiger partial charge in [-0.15, -0.1) is 0 Å². The Labute approximate surface area is 378 Å². The number of ether oxygens (including phenoxy) is 2. The fraction of sp³-hybridized carbons (Fsp3) is 0.396. The predicted octanol–water partition coefficient (Wildman–Crippen LogP) is 7.00. The van der Waals surface area contributed by atoms with E-state index in [2.05, 4.69) is 40.6 Å². The van der Waals surface area contributed by atoms with Crippen molar-refractivity contribution in [3.63, 3.8) is 0 Å². The van der Waals surface area contributed by atoms with Crippen LogP contribution < -0.4 is 22.1 Å². The van der Waals surface area contributed by atoms with Crippen LogP contribution in [-0.2, 0) is 26.0 Å². The van der Waals surface area contributed by atoms with Gasteiger partial charge < -0.3 is 28.8 Å². The molecule has 1 saturated carbocycles. The van der Waals surface area contributed by atoms with Gasteiger partial charge in [0.15, 0.2) is 13.0 Å². The minimum absolute atomic E-state index is 0.0172. The predicted molar refractivity (Wildman–Crippen MR) is 246 cm³/mol. The number of carbonyl (C=O) groups excluding carboxylic acids is 1. The third-order valence-electron chi connectivity index (χ3n) is 14.7. The normalized spacial score (nSPS) is 24.1. The molecule has 3 aromatic carbocycles. The molecule has 0 bridgehead atoms. The number of nitrogens with zero attached hydrogens (tertiary/aromatic N) is 7. The van der Waals surface area contributed by atoms with Gasteiger partial charge in [0.05, 0.1) is 23.1 Å². The molecule has 2 N–H and O–H groups in total. The SMILES string of the molecule is CNc1cc(-n2ccn(-c3c4c(nn3-c3cc(C)c(F)c(C)c3)CCN(C(=O)c3cc5cc(C6CCOCC6)ccc5n3[C@@]3(c5noc(=O)[nH]5)C[C@@H]3C)[C@H]4C)c2=O)ccc1P1(=O)CO[C@H]1C. The maximum absolute atomic E-state index is 15.5. The molecule has 4 aliphatic rings. The summed E-state index contributed by atoms with van der Waals surface area (Å²) in [5.74, 6) is -0.483. The molecule has 7 aromatic rings. The Morgan fingerprint density at radius 3 is 2.36 bits per heavy atom. The first-order valence-corrected chi connectivity index (χ1v) is 24.5. The Bertz CT molecular complexity index is 3280. The Morgan fingerprint density at radius 1 is 0.970 bits per heavy atom. The molecular formula is C48H51FN9O7P. The van der Waals surface area contributed by atoms with E-state index in [0.29, 0.717) is 101 Å². The number of aromatic amines is 1. The Balaban J connectivity index is 1.04. The van der Waals surface area contributed by atoms with E-state index in [9.17, 15) is 14.2 Å². The highest BCUT2D eigenvalue weighted by Crippen LogP contribution is 2.59. The van der Waals surface area contributed by atoms with Gasteiger partial charge in [0.2, 0.25) is 0 Å². The number of hydrogen-bond donors (Lipinski definition) is 2. The molecule has 0 spiro atoms. The Morgan fingerprint density at radius 2 is 1.71 bits per heavy atom. The van der Waals surface area contributed by atoms with Crippen LogP contribution in [0.5, 0.6) is 0 Å². The number of aryl methyl sites for hydroxylation is 2. The van der Waals surface area contributed by atoms with Crippen molar-refractivity contribution in [1.82, 2.24) is 38.5 Å². The van der Waals surface area contributed by atoms with Crippen LogP contribution in [0.15, 0.2) is 81.1 Å². The smallest absolute Gasteiger partial charge is 0.387 e. The number of rotatable bonds is 9. The summed E-state index contributed by atoms with van der Waals surface area (Å²) in [6.07, 6.45) is 6.33. The van der Waals surface area contributed by atoms with Gasteiger partial charge in [-0.25, -0.2) is 18.7 Å². The number of benzene rings is 3. The highest BCUT2D eigenvalue weighted by atomic mass is 31.2. The fourth-order valence-corrected chi connectivity index (χ4v) is 12.9. The van der Waals surface area contributed by atoms with Crippen molar-refractivity contribution in [1.29, 1.82) is 0 Å². The molecule has 16 nitrogen and oxygen atoms in total. The van der Waals surface area contributed by atoms with Gasteiger partial charge in [-0.2, -0.15) is 5.10 Å². The van der Waals surface area contributed by atoms with Gasteiger partial charge in [-0.05, 0) is 124 Å². The third kappa shape index (κ3) is 6.29. The molecule has 3 aliphatic heterocycles. The molecule has 4 aromatic heterocycles. The number of carbonyl (C=O) groups is 1. The second-order valence-corrected chi connectivity index (χ2v) is 21.5. The summed E-state index contributed by atoms with van der Waals surface area (Å²) in [5, 5.41) is 14.0. The molecule has 3 fully saturated rings. The van der Waals surface area contributed by atoms with Crippen molar-refractivity contribution in [3.05, 3.63) is 133 Å². The van der Waals surface area contributed by atoms with Gasteiger partial charge in [0.25, 0.3) is 5.91 Å². The number of aromatic nitrogens is 7. The molecule has 1 amide bonds. The summed E-state index contributed by atoms with van der Waals surface area (Å²) in [6, 6.07) is 16.5. The number of halogens is 1. The zero-order valence-corrected chi connectivity index (χ0v) is 38.5. The van der Waals surface area contributed by atoms with E-state index in [1.807, 2.05) is 28.5 Å². The number of amides is 1. The lowest BCUT2D eigenvalue weighted by atomic mass is 9.91. The molecule has 1 aliphatic carbocycles. The molecule has 18 heteroatoms. The number of imidazole rings is 1. The summed E-state index contributed by atoms with van der Waals surface area (Å²) < 4.78 is 51.9. The number of hydrogen-bond acceptors (Lipinski definition) is 10. The standard InChI is InChI=1S/C48H51FN9O7P/c1-26-19-35(20-27(2)42(26)49)58-43(56-16-15-55(47(56)61)34-8-10-40(37(23-34)50-6)66(62)25-64-30(66)5)41-29(4)54(14-11-36(41)52-58)44(59)39-22-33-21-32(31-12-17-63-18-13-31)7-9-38(33)57(39)48(24-28(48)3)45-51-46(60)65-53-45/h7-10,15-16,19-23,28-31,50H,11-14,17-18,24-25H2,1-6H3,(H,51,53,60)/t28-,29-,30+,48-,66?/m0/s1. The van der Waals surface area contributed by atoms with Crippen molar-refractivity contribution in [3.8, 4) is 17.2 Å². The Kier molecular flexibility index (Phi) is 9.88. The first kappa shape index (κ1) is 42.4. The van der Waals surface area contributed by atoms with Gasteiger partial charge in [0, 0.05) is 73.1 Å². The molecule has 5 atom stereocenters. The highest BCUT2D eigenvalue weighted by Gasteiger charge is 2.59. The summed E-state index contributed by atoms with van der Waals surface area (Å²) >= 11 is 0. The molecular weight excluding hydrogens is 865 g/mol. The van der Waals surface area contributed by atoms with Crippen molar-refractivity contribution in [2.24, 2.45) is 5.92 Å². The van der Waals surface area contributed by atoms with E-state index in [1.54, 1.807) is 69.2 Å². The molecule has 342 valence electrons. The largest absolute Gasteiger partial charge is 0.438 e. The van der Waals surface area contributed by atoms with Crippen LogP contribution in [0.2, 0.25) is 0 Å². The van der Waals surface area contributed by atoms with E-state index in [4.69, 9.17) is 19.1 Å². The molecule has 0 radical (unpaired) electrons. The quantitative estimate of drug-likeness (QED) is 0.144. The summed E-state index contributed by atoms with van der Waals surface area (Å²) in [6.45, 7) is 10.9. The fourth-order valence-electron chi connectivity index (χ4n) is 10.8. The summed E-state index contributed by atoms with van der Waals surface area (Å²) in [5.41, 5.74) is 5.22. The number of H-pyrrole nitrogens is 1. The van der Waals surface area contributed by atoms with E-state index >= 15 is 9.18 Å². The summed E-state index contributed by atoms with van der Waals surface area (Å²) in [7, 11) is -1.02. The van der Waals surface area contributed by atoms with Crippen LogP contribution in [0.25, 0.3) is 28.1 Å². The number of anilines is 1. The second-order valence-electron chi connectivity index (χ2n) is 18.4. The Hall–Kier alpha value is -6.29. The van der Waals surface area contributed by atoms with Crippen molar-refractivity contribution >= 4 is 34.9 Å². The number of nitrogens with one attached hydrogen (secondary N) is 2. The van der Waals surface area contributed by atoms with E-state index < -0.39 is 36.0 Å². The first-order valence-electron chi connectivity index (χ1n) is 22.6. The first-order chi connectivity index (χ1) is 31.7. The second kappa shape index (κ2) is 15.4. The highest BCUT2D eigenvalue weighted by molar-refractivity contribution is 7.73. The minimum Gasteiger partial charge on any atom is -0.387 e. The van der Waals surface area contributed by atoms with Crippen LogP contribution in [0.1, 0.15) is 96.3 Å². The van der Waals surface area contributed by atoms with Crippen molar-refractivity contribution < 1.29 is 27.7 Å². The zero-order valence-electron chi connectivity index (χ0n) is 37.6. The molecule has 1 unspecified atom stereocenters. The van der Waals surface area contributed by atoms with Crippen LogP contribution in [0.4, 0.5) is 10.1 Å². The lowest BCUT2D eigenvalue weighted by Gasteiger charge is -2.35. The van der Waals surface area contributed by atoms with Crippen molar-refractivity contribution in [2.45, 2.75) is 83.6 Å². The molecule has 2 saturated heterocycles. The van der Waals surface area contributed by atoms with Gasteiger partial charge in [0.1, 0.15) is 35.1 Å². The third-order valence-corrected chi connectivity index (χ3v) is 17.7. The van der Waals surface area contributed by atoms with Gasteiger partial charge in [-0.3, -0.25) is 23.4 Å². The average Bonchev–Trinajstić information content (AvgIpc) is 3.82.